The van der Waals surface area contributed by atoms with E-state index in [0.717, 1.165) is 11.8 Å². The normalized spacial score (nSPS) is 14.7. The summed E-state index contributed by atoms with van der Waals surface area (Å²) in [5.41, 5.74) is 0. The summed E-state index contributed by atoms with van der Waals surface area (Å²) < 4.78 is 0. The van der Waals surface area contributed by atoms with E-state index in [2.05, 4.69) is 46.8 Å². The van der Waals surface area contributed by atoms with Crippen LogP contribution in [-0.2, 0) is 0 Å². The second kappa shape index (κ2) is 7.17. The second-order valence-corrected chi connectivity index (χ2v) is 4.98. The van der Waals surface area contributed by atoms with Crippen LogP contribution in [0.4, 0.5) is 0 Å². The zero-order chi connectivity index (χ0) is 10.3. The molecular weight excluding hydrogens is 156 g/mol. The van der Waals surface area contributed by atoms with Crippen molar-refractivity contribution in [1.29, 1.82) is 0 Å². The van der Waals surface area contributed by atoms with E-state index in [0.29, 0.717) is 5.92 Å². The zero-order valence-corrected chi connectivity index (χ0v) is 10.0. The Hall–Kier alpha value is -0.260. The monoisotopic (exact) mass is 182 g/mol. The van der Waals surface area contributed by atoms with E-state index in [-0.39, 0.29) is 0 Å². The Morgan fingerprint density at radius 2 is 1.54 bits per heavy atom. The molecule has 0 fully saturated rings. The third-order valence-corrected chi connectivity index (χ3v) is 2.30. The first-order valence-corrected chi connectivity index (χ1v) is 5.69. The molecule has 0 nitrogen and oxygen atoms in total. The fourth-order valence-electron chi connectivity index (χ4n) is 1.32. The first-order chi connectivity index (χ1) is 6.02. The van der Waals surface area contributed by atoms with Gasteiger partial charge in [-0.2, -0.15) is 0 Å². The highest BCUT2D eigenvalue weighted by atomic mass is 14.1. The van der Waals surface area contributed by atoms with Crippen LogP contribution in [-0.4, -0.2) is 0 Å². The van der Waals surface area contributed by atoms with Crippen molar-refractivity contribution >= 4 is 0 Å². The molecule has 78 valence electrons. The van der Waals surface area contributed by atoms with Gasteiger partial charge in [-0.3, -0.25) is 0 Å². The Bertz CT molecular complexity index is 131. The summed E-state index contributed by atoms with van der Waals surface area (Å²) in [6.07, 6.45) is 8.66. The third kappa shape index (κ3) is 9.66. The number of hydrogen-bond acceptors (Lipinski definition) is 0. The maximum absolute atomic E-state index is 2.35. The van der Waals surface area contributed by atoms with Crippen molar-refractivity contribution in [3.63, 3.8) is 0 Å². The first-order valence-electron chi connectivity index (χ1n) is 5.69. The average molecular weight is 182 g/mol. The minimum atomic E-state index is 0.706. The fraction of sp³-hybridized carbons (Fsp3) is 0.846. The molecule has 0 N–H and O–H groups in total. The van der Waals surface area contributed by atoms with E-state index in [1.807, 2.05) is 0 Å². The van der Waals surface area contributed by atoms with Gasteiger partial charge in [-0.25, -0.2) is 0 Å². The predicted molar refractivity (Wildman–Crippen MR) is 61.8 cm³/mol. The first kappa shape index (κ1) is 12.7. The number of hydrogen-bond donors (Lipinski definition) is 0. The molecule has 0 aliphatic carbocycles. The lowest BCUT2D eigenvalue weighted by Gasteiger charge is -2.10. The van der Waals surface area contributed by atoms with Crippen LogP contribution in [0, 0.1) is 17.8 Å². The van der Waals surface area contributed by atoms with Crippen molar-refractivity contribution in [2.75, 3.05) is 0 Å². The molecule has 1 atom stereocenters. The van der Waals surface area contributed by atoms with E-state index in [9.17, 15) is 0 Å². The van der Waals surface area contributed by atoms with E-state index in [4.69, 9.17) is 0 Å². The van der Waals surface area contributed by atoms with Gasteiger partial charge in [0.1, 0.15) is 0 Å². The number of allylic oxidation sites excluding steroid dienone is 2. The molecule has 0 rings (SSSR count). The molecule has 0 radical (unpaired) electrons. The lowest BCUT2D eigenvalue weighted by Crippen LogP contribution is -1.96. The summed E-state index contributed by atoms with van der Waals surface area (Å²) >= 11 is 0. The van der Waals surface area contributed by atoms with Crippen molar-refractivity contribution in [2.45, 2.75) is 53.9 Å². The lowest BCUT2D eigenvalue weighted by molar-refractivity contribution is 0.453. The average Bonchev–Trinajstić information content (AvgIpc) is 2.00. The van der Waals surface area contributed by atoms with Gasteiger partial charge in [0, 0.05) is 0 Å². The summed E-state index contributed by atoms with van der Waals surface area (Å²) in [5.74, 6) is 2.42. The van der Waals surface area contributed by atoms with Crippen LogP contribution in [0.5, 0.6) is 0 Å². The summed E-state index contributed by atoms with van der Waals surface area (Å²) in [7, 11) is 0. The van der Waals surface area contributed by atoms with Gasteiger partial charge in [0.15, 0.2) is 0 Å². The van der Waals surface area contributed by atoms with Gasteiger partial charge in [-0.15, -0.1) is 0 Å². The highest BCUT2D eigenvalue weighted by Crippen LogP contribution is 2.15. The molecular formula is C13H26. The van der Waals surface area contributed by atoms with Crippen LogP contribution in [0.1, 0.15) is 53.9 Å². The standard InChI is InChI=1S/C13H26/c1-11(2)7-6-8-13(5)10-9-12(3)4/h6-7,11-13H,8-10H2,1-5H3/b7-6-/t13-/m1/s1. The summed E-state index contributed by atoms with van der Waals surface area (Å²) in [6.45, 7) is 11.4. The molecule has 0 aliphatic rings. The van der Waals surface area contributed by atoms with Crippen molar-refractivity contribution in [2.24, 2.45) is 17.8 Å². The van der Waals surface area contributed by atoms with Crippen LogP contribution < -0.4 is 0 Å². The topological polar surface area (TPSA) is 0 Å². The van der Waals surface area contributed by atoms with Gasteiger partial charge < -0.3 is 0 Å². The largest absolute Gasteiger partial charge is 0.0880 e. The third-order valence-electron chi connectivity index (χ3n) is 2.30. The maximum atomic E-state index is 2.35. The van der Waals surface area contributed by atoms with Crippen LogP contribution in [0.2, 0.25) is 0 Å². The Morgan fingerprint density at radius 3 is 2.00 bits per heavy atom. The molecule has 0 bridgehead atoms. The molecule has 0 aliphatic heterocycles. The molecule has 0 aromatic rings. The van der Waals surface area contributed by atoms with E-state index in [1.54, 1.807) is 0 Å². The quantitative estimate of drug-likeness (QED) is 0.524. The molecule has 0 unspecified atom stereocenters. The lowest BCUT2D eigenvalue weighted by atomic mass is 9.96. The highest BCUT2D eigenvalue weighted by molar-refractivity contribution is 4.85. The van der Waals surface area contributed by atoms with E-state index >= 15 is 0 Å². The van der Waals surface area contributed by atoms with Crippen molar-refractivity contribution in [3.8, 4) is 0 Å². The molecule has 0 heteroatoms. The van der Waals surface area contributed by atoms with Crippen LogP contribution >= 0.6 is 0 Å². The van der Waals surface area contributed by atoms with Gasteiger partial charge in [-0.1, -0.05) is 59.6 Å². The molecule has 0 aromatic carbocycles. The minimum Gasteiger partial charge on any atom is -0.0880 e. The van der Waals surface area contributed by atoms with Gasteiger partial charge in [0.05, 0.1) is 0 Å². The molecule has 0 aromatic heterocycles. The zero-order valence-electron chi connectivity index (χ0n) is 10.0. The van der Waals surface area contributed by atoms with Crippen LogP contribution in [0.25, 0.3) is 0 Å². The van der Waals surface area contributed by atoms with E-state index in [1.165, 1.54) is 19.3 Å². The van der Waals surface area contributed by atoms with Gasteiger partial charge in [-0.05, 0) is 24.2 Å². The van der Waals surface area contributed by atoms with Crippen LogP contribution in [0.3, 0.4) is 0 Å². The molecule has 0 spiro atoms. The fourth-order valence-corrected chi connectivity index (χ4v) is 1.32. The highest BCUT2D eigenvalue weighted by Gasteiger charge is 2.01. The summed E-state index contributed by atoms with van der Waals surface area (Å²) in [4.78, 5) is 0. The van der Waals surface area contributed by atoms with Crippen molar-refractivity contribution in [3.05, 3.63) is 12.2 Å². The molecule has 0 heterocycles. The summed E-state index contributed by atoms with van der Waals surface area (Å²) in [5, 5.41) is 0. The van der Waals surface area contributed by atoms with Crippen molar-refractivity contribution < 1.29 is 0 Å². The Morgan fingerprint density at radius 1 is 0.923 bits per heavy atom. The smallest absolute Gasteiger partial charge is 0.0290 e. The van der Waals surface area contributed by atoms with Gasteiger partial charge in [0.25, 0.3) is 0 Å². The molecule has 0 saturated heterocycles. The molecule has 13 heavy (non-hydrogen) atoms. The van der Waals surface area contributed by atoms with E-state index < -0.39 is 0 Å². The maximum Gasteiger partial charge on any atom is -0.0290 e. The van der Waals surface area contributed by atoms with Gasteiger partial charge >= 0.3 is 0 Å². The second-order valence-electron chi connectivity index (χ2n) is 4.98. The van der Waals surface area contributed by atoms with Crippen LogP contribution in [0.15, 0.2) is 12.2 Å². The summed E-state index contributed by atoms with van der Waals surface area (Å²) in [6, 6.07) is 0. The number of rotatable bonds is 6. The molecule has 0 amide bonds. The van der Waals surface area contributed by atoms with Gasteiger partial charge in [0.2, 0.25) is 0 Å². The Labute approximate surface area is 84.4 Å². The van der Waals surface area contributed by atoms with Crippen molar-refractivity contribution in [1.82, 2.24) is 0 Å². The predicted octanol–water partition coefficient (Wildman–Crippen LogP) is 4.66. The minimum absolute atomic E-state index is 0.706. The Balaban J connectivity index is 3.45. The molecule has 0 saturated carbocycles. The SMILES string of the molecule is CC(C)/C=C\C[C@@H](C)CCC(C)C. The Kier molecular flexibility index (Phi) is 7.03.